The lowest BCUT2D eigenvalue weighted by molar-refractivity contribution is 0.265. The fourth-order valence-electron chi connectivity index (χ4n) is 2.14. The van der Waals surface area contributed by atoms with Gasteiger partial charge in [-0.1, -0.05) is 46.4 Å². The van der Waals surface area contributed by atoms with Gasteiger partial charge < -0.3 is 9.47 Å². The zero-order chi connectivity index (χ0) is 17.7. The number of ether oxygens (including phenoxy) is 2. The van der Waals surface area contributed by atoms with Gasteiger partial charge in [0, 0.05) is 12.1 Å². The van der Waals surface area contributed by atoms with Crippen molar-refractivity contribution in [2.24, 2.45) is 0 Å². The third-order valence-electron chi connectivity index (χ3n) is 3.49. The summed E-state index contributed by atoms with van der Waals surface area (Å²) in [6.07, 6.45) is 1.72. The summed E-state index contributed by atoms with van der Waals surface area (Å²) in [4.78, 5) is 0. The largest absolute Gasteiger partial charge is 0.493 e. The van der Waals surface area contributed by atoms with Crippen molar-refractivity contribution in [1.29, 1.82) is 0 Å². The molecule has 0 aliphatic carbocycles. The van der Waals surface area contributed by atoms with Crippen LogP contribution in [0.15, 0.2) is 24.3 Å². The maximum atomic E-state index is 6.00. The van der Waals surface area contributed by atoms with Gasteiger partial charge in [0.2, 0.25) is 0 Å². The van der Waals surface area contributed by atoms with Crippen molar-refractivity contribution < 1.29 is 9.47 Å². The predicted octanol–water partition coefficient (Wildman–Crippen LogP) is 7.16. The van der Waals surface area contributed by atoms with Crippen molar-refractivity contribution in [2.45, 2.75) is 26.7 Å². The molecule has 2 rings (SSSR count). The molecule has 0 radical (unpaired) electrons. The average molecular weight is 408 g/mol. The molecule has 0 atom stereocenters. The van der Waals surface area contributed by atoms with E-state index in [1.54, 1.807) is 24.3 Å². The molecule has 0 aliphatic rings. The van der Waals surface area contributed by atoms with E-state index in [9.17, 15) is 0 Å². The van der Waals surface area contributed by atoms with Crippen LogP contribution in [0, 0.1) is 13.8 Å². The number of hydrogen-bond acceptors (Lipinski definition) is 2. The van der Waals surface area contributed by atoms with Gasteiger partial charge in [-0.2, -0.15) is 0 Å². The maximum absolute atomic E-state index is 6.00. The number of aryl methyl sites for hydroxylation is 2. The summed E-state index contributed by atoms with van der Waals surface area (Å²) in [6, 6.07) is 7.09. The molecule has 2 aromatic carbocycles. The summed E-state index contributed by atoms with van der Waals surface area (Å²) < 4.78 is 11.5. The molecule has 0 fully saturated rings. The lowest BCUT2D eigenvalue weighted by atomic mass is 10.2. The Hall–Kier alpha value is -0.800. The van der Waals surface area contributed by atoms with Crippen LogP contribution in [0.2, 0.25) is 20.1 Å². The minimum Gasteiger partial charge on any atom is -0.493 e. The minimum absolute atomic E-state index is 0.496. The van der Waals surface area contributed by atoms with Gasteiger partial charge in [0.05, 0.1) is 33.3 Å². The summed E-state index contributed by atoms with van der Waals surface area (Å²) >= 11 is 23.9. The molecule has 0 bridgehead atoms. The van der Waals surface area contributed by atoms with Gasteiger partial charge >= 0.3 is 0 Å². The molecule has 0 unspecified atom stereocenters. The number of benzene rings is 2. The highest BCUT2D eigenvalue weighted by molar-refractivity contribution is 6.42. The van der Waals surface area contributed by atoms with E-state index in [0.29, 0.717) is 33.3 Å². The van der Waals surface area contributed by atoms with Crippen molar-refractivity contribution in [3.05, 3.63) is 55.5 Å². The number of hydrogen-bond donors (Lipinski definition) is 0. The second kappa shape index (κ2) is 9.05. The first-order valence-electron chi connectivity index (χ1n) is 7.55. The molecule has 6 heteroatoms. The third-order valence-corrected chi connectivity index (χ3v) is 4.93. The molecule has 0 heterocycles. The van der Waals surface area contributed by atoms with Crippen molar-refractivity contribution in [2.75, 3.05) is 13.2 Å². The van der Waals surface area contributed by atoms with Crippen molar-refractivity contribution in [3.8, 4) is 11.5 Å². The van der Waals surface area contributed by atoms with E-state index in [-0.39, 0.29) is 0 Å². The Morgan fingerprint density at radius 1 is 0.625 bits per heavy atom. The van der Waals surface area contributed by atoms with Crippen molar-refractivity contribution >= 4 is 46.4 Å². The predicted molar refractivity (Wildman–Crippen MR) is 103 cm³/mol. The minimum atomic E-state index is 0.496. The van der Waals surface area contributed by atoms with Crippen LogP contribution in [0.4, 0.5) is 0 Å². The average Bonchev–Trinajstić information content (AvgIpc) is 2.52. The van der Waals surface area contributed by atoms with Crippen LogP contribution in [0.5, 0.6) is 11.5 Å². The van der Waals surface area contributed by atoms with E-state index in [1.165, 1.54) is 0 Å². The Morgan fingerprint density at radius 2 is 0.958 bits per heavy atom. The summed E-state index contributed by atoms with van der Waals surface area (Å²) in [7, 11) is 0. The molecule has 2 aromatic rings. The highest BCUT2D eigenvalue weighted by Crippen LogP contribution is 2.31. The molecular formula is C18H18Cl4O2. The third kappa shape index (κ3) is 5.35. The number of unbranched alkanes of at least 4 members (excludes halogenated alkanes) is 1. The molecular weight excluding hydrogens is 390 g/mol. The molecule has 2 nitrogen and oxygen atoms in total. The van der Waals surface area contributed by atoms with Gasteiger partial charge in [0.1, 0.15) is 11.5 Å². The Labute approximate surface area is 162 Å². The lowest BCUT2D eigenvalue weighted by Crippen LogP contribution is -2.04. The van der Waals surface area contributed by atoms with E-state index >= 15 is 0 Å². The zero-order valence-corrected chi connectivity index (χ0v) is 16.5. The van der Waals surface area contributed by atoms with Crippen molar-refractivity contribution in [3.63, 3.8) is 0 Å². The molecule has 0 saturated carbocycles. The van der Waals surface area contributed by atoms with Crippen LogP contribution in [0.3, 0.4) is 0 Å². The van der Waals surface area contributed by atoms with Gasteiger partial charge in [0.15, 0.2) is 0 Å². The lowest BCUT2D eigenvalue weighted by Gasteiger charge is -2.12. The van der Waals surface area contributed by atoms with Crippen LogP contribution in [-0.2, 0) is 0 Å². The Morgan fingerprint density at radius 3 is 1.33 bits per heavy atom. The first-order chi connectivity index (χ1) is 11.4. The second-order valence-corrected chi connectivity index (χ2v) is 7.10. The molecule has 130 valence electrons. The fourth-order valence-corrected chi connectivity index (χ4v) is 2.88. The Bertz CT molecular complexity index is 655. The highest BCUT2D eigenvalue weighted by atomic mass is 35.5. The van der Waals surface area contributed by atoms with Gasteiger partial charge in [0.25, 0.3) is 0 Å². The van der Waals surface area contributed by atoms with E-state index in [0.717, 1.165) is 35.5 Å². The second-order valence-electron chi connectivity index (χ2n) is 5.47. The van der Waals surface area contributed by atoms with E-state index in [1.807, 2.05) is 13.8 Å². The highest BCUT2D eigenvalue weighted by Gasteiger charge is 2.07. The summed E-state index contributed by atoms with van der Waals surface area (Å²) in [5, 5.41) is 2.06. The molecule has 0 N–H and O–H groups in total. The van der Waals surface area contributed by atoms with Crippen LogP contribution in [-0.4, -0.2) is 13.2 Å². The van der Waals surface area contributed by atoms with Crippen LogP contribution in [0.25, 0.3) is 0 Å². The number of halogens is 4. The van der Waals surface area contributed by atoms with Crippen LogP contribution in [0.1, 0.15) is 24.0 Å². The number of rotatable bonds is 7. The van der Waals surface area contributed by atoms with Crippen LogP contribution >= 0.6 is 46.4 Å². The smallest absolute Gasteiger partial charge is 0.123 e. The van der Waals surface area contributed by atoms with Gasteiger partial charge in [-0.05, 0) is 49.9 Å². The normalized spacial score (nSPS) is 10.8. The topological polar surface area (TPSA) is 18.5 Å². The molecule has 0 aromatic heterocycles. The quantitative estimate of drug-likeness (QED) is 0.453. The SMILES string of the molecule is Cc1cc(Cl)c(Cl)cc1OCCCCOc1cc(Cl)c(Cl)cc1C. The monoisotopic (exact) mass is 406 g/mol. The molecule has 0 spiro atoms. The molecule has 24 heavy (non-hydrogen) atoms. The standard InChI is InChI=1S/C18H18Cl4O2/c1-11-7-13(19)15(21)9-17(11)23-5-3-4-6-24-18-10-16(22)14(20)8-12(18)2/h7-10H,3-6H2,1-2H3. The Kier molecular flexibility index (Phi) is 7.36. The molecule has 0 aliphatic heterocycles. The summed E-state index contributed by atoms with van der Waals surface area (Å²) in [6.45, 7) is 5.05. The first-order valence-corrected chi connectivity index (χ1v) is 9.06. The van der Waals surface area contributed by atoms with Crippen molar-refractivity contribution in [1.82, 2.24) is 0 Å². The van der Waals surface area contributed by atoms with Gasteiger partial charge in [-0.25, -0.2) is 0 Å². The van der Waals surface area contributed by atoms with Gasteiger partial charge in [-0.15, -0.1) is 0 Å². The Balaban J connectivity index is 1.74. The zero-order valence-electron chi connectivity index (χ0n) is 13.5. The summed E-state index contributed by atoms with van der Waals surface area (Å²) in [5.41, 5.74) is 1.93. The van der Waals surface area contributed by atoms with Gasteiger partial charge in [-0.3, -0.25) is 0 Å². The van der Waals surface area contributed by atoms with E-state index in [2.05, 4.69) is 0 Å². The van der Waals surface area contributed by atoms with E-state index < -0.39 is 0 Å². The molecule has 0 amide bonds. The summed E-state index contributed by atoms with van der Waals surface area (Å²) in [5.74, 6) is 1.51. The fraction of sp³-hybridized carbons (Fsp3) is 0.333. The van der Waals surface area contributed by atoms with Crippen LogP contribution < -0.4 is 9.47 Å². The van der Waals surface area contributed by atoms with E-state index in [4.69, 9.17) is 55.9 Å². The first kappa shape index (κ1) is 19.5. The molecule has 0 saturated heterocycles. The maximum Gasteiger partial charge on any atom is 0.123 e.